The van der Waals surface area contributed by atoms with Crippen LogP contribution in [0.5, 0.6) is 11.5 Å². The number of phenolic OH excluding ortho intramolecular Hbond substituents is 1. The van der Waals surface area contributed by atoms with Gasteiger partial charge in [0.05, 0.1) is 19.3 Å². The summed E-state index contributed by atoms with van der Waals surface area (Å²) in [5.41, 5.74) is 2.33. The Morgan fingerprint density at radius 1 is 1.13 bits per heavy atom. The summed E-state index contributed by atoms with van der Waals surface area (Å²) in [5.74, 6) is 1.21. The summed E-state index contributed by atoms with van der Waals surface area (Å²) in [6.45, 7) is 8.58. The van der Waals surface area contributed by atoms with Gasteiger partial charge >= 0.3 is 0 Å². The molecule has 0 aliphatic rings. The molecule has 168 valence electrons. The fourth-order valence-corrected chi connectivity index (χ4v) is 3.92. The summed E-state index contributed by atoms with van der Waals surface area (Å²) in [6, 6.07) is 9.30. The van der Waals surface area contributed by atoms with Crippen molar-refractivity contribution in [1.82, 2.24) is 15.0 Å². The Hall–Kier alpha value is -2.29. The molecule has 2 aromatic carbocycles. The highest BCUT2D eigenvalue weighted by Crippen LogP contribution is 2.38. The zero-order valence-corrected chi connectivity index (χ0v) is 19.3. The highest BCUT2D eigenvalue weighted by molar-refractivity contribution is 7.99. The molecule has 1 atom stereocenters. The lowest BCUT2D eigenvalue weighted by Crippen LogP contribution is -2.14. The van der Waals surface area contributed by atoms with Gasteiger partial charge in [-0.1, -0.05) is 34.1 Å². The Labute approximate surface area is 187 Å². The van der Waals surface area contributed by atoms with Crippen LogP contribution < -0.4 is 4.74 Å². The largest absolute Gasteiger partial charge is 0.505 e. The van der Waals surface area contributed by atoms with Crippen LogP contribution in [-0.4, -0.2) is 55.4 Å². The molecule has 31 heavy (non-hydrogen) atoms. The first-order valence-electron chi connectivity index (χ1n) is 10.5. The molecule has 0 saturated heterocycles. The van der Waals surface area contributed by atoms with E-state index in [1.165, 1.54) is 16.6 Å². The van der Waals surface area contributed by atoms with Gasteiger partial charge in [-0.05, 0) is 36.1 Å². The normalized spacial score (nSPS) is 13.0. The van der Waals surface area contributed by atoms with Gasteiger partial charge in [-0.3, -0.25) is 0 Å². The van der Waals surface area contributed by atoms with Crippen LogP contribution in [-0.2, 0) is 5.41 Å². The number of unbranched alkanes of at least 4 members (excludes halogenated alkanes) is 1. The SMILES string of the molecule is CCCCOc1cc(-n2nc3ccc(SCC(O)CO)cc3n2)c(O)c(C(C)(C)C)c1. The Morgan fingerprint density at radius 2 is 1.87 bits per heavy atom. The molecule has 3 aromatic rings. The van der Waals surface area contributed by atoms with Crippen molar-refractivity contribution >= 4 is 22.8 Å². The van der Waals surface area contributed by atoms with Gasteiger partial charge in [-0.2, -0.15) is 0 Å². The molecule has 0 amide bonds. The van der Waals surface area contributed by atoms with Crippen molar-refractivity contribution in [2.45, 2.75) is 57.0 Å². The second kappa shape index (κ2) is 9.89. The number of aromatic nitrogens is 3. The zero-order chi connectivity index (χ0) is 22.6. The zero-order valence-electron chi connectivity index (χ0n) is 18.5. The van der Waals surface area contributed by atoms with Crippen LogP contribution in [0.4, 0.5) is 0 Å². The summed E-state index contributed by atoms with van der Waals surface area (Å²) in [6.07, 6.45) is 1.23. The van der Waals surface area contributed by atoms with Crippen LogP contribution in [0.25, 0.3) is 16.7 Å². The molecule has 3 rings (SSSR count). The number of thioether (sulfide) groups is 1. The van der Waals surface area contributed by atoms with Gasteiger partial charge in [0, 0.05) is 22.3 Å². The van der Waals surface area contributed by atoms with Gasteiger partial charge < -0.3 is 20.1 Å². The van der Waals surface area contributed by atoms with E-state index in [4.69, 9.17) is 9.84 Å². The van der Waals surface area contributed by atoms with Crippen molar-refractivity contribution in [2.75, 3.05) is 19.0 Å². The molecule has 0 aliphatic carbocycles. The highest BCUT2D eigenvalue weighted by Gasteiger charge is 2.24. The number of rotatable bonds is 9. The number of aromatic hydroxyl groups is 1. The maximum atomic E-state index is 11.0. The minimum Gasteiger partial charge on any atom is -0.505 e. The summed E-state index contributed by atoms with van der Waals surface area (Å²) in [5, 5.41) is 38.7. The van der Waals surface area contributed by atoms with E-state index >= 15 is 0 Å². The molecule has 0 radical (unpaired) electrons. The summed E-state index contributed by atoms with van der Waals surface area (Å²) in [7, 11) is 0. The molecule has 0 fully saturated rings. The molecular weight excluding hydrogens is 414 g/mol. The predicted octanol–water partition coefficient (Wildman–Crippen LogP) is 4.05. The van der Waals surface area contributed by atoms with E-state index in [0.717, 1.165) is 23.3 Å². The third-order valence-electron chi connectivity index (χ3n) is 4.86. The minimum atomic E-state index is -0.764. The molecule has 7 nitrogen and oxygen atoms in total. The second-order valence-corrected chi connectivity index (χ2v) is 9.67. The van der Waals surface area contributed by atoms with Gasteiger partial charge in [-0.25, -0.2) is 0 Å². The second-order valence-electron chi connectivity index (χ2n) is 8.58. The number of nitrogens with zero attached hydrogens (tertiary/aromatic N) is 3. The Balaban J connectivity index is 1.98. The number of phenols is 1. The molecule has 8 heteroatoms. The molecule has 1 heterocycles. The molecule has 1 aromatic heterocycles. The molecule has 1 unspecified atom stereocenters. The maximum Gasteiger partial charge on any atom is 0.147 e. The lowest BCUT2D eigenvalue weighted by molar-refractivity contribution is 0.113. The van der Waals surface area contributed by atoms with Crippen molar-refractivity contribution in [1.29, 1.82) is 0 Å². The lowest BCUT2D eigenvalue weighted by Gasteiger charge is -2.23. The smallest absolute Gasteiger partial charge is 0.147 e. The molecule has 0 spiro atoms. The highest BCUT2D eigenvalue weighted by atomic mass is 32.2. The van der Waals surface area contributed by atoms with Crippen LogP contribution >= 0.6 is 11.8 Å². The van der Waals surface area contributed by atoms with Gasteiger partial charge in [0.15, 0.2) is 0 Å². The number of benzene rings is 2. The first-order valence-corrected chi connectivity index (χ1v) is 11.5. The standard InChI is InChI=1S/C23H31N3O4S/c1-5-6-9-30-16-10-18(23(2,3)4)22(29)21(11-16)26-24-19-8-7-17(12-20(19)25-26)31-14-15(28)13-27/h7-8,10-12,15,27-29H,5-6,9,13-14H2,1-4H3. The summed E-state index contributed by atoms with van der Waals surface area (Å²) >= 11 is 1.44. The first kappa shape index (κ1) is 23.4. The van der Waals surface area contributed by atoms with Crippen molar-refractivity contribution in [3.63, 3.8) is 0 Å². The summed E-state index contributed by atoms with van der Waals surface area (Å²) in [4.78, 5) is 2.36. The van der Waals surface area contributed by atoms with E-state index in [1.54, 1.807) is 6.07 Å². The van der Waals surface area contributed by atoms with Crippen LogP contribution in [0.2, 0.25) is 0 Å². The van der Waals surface area contributed by atoms with Crippen LogP contribution in [0.3, 0.4) is 0 Å². The van der Waals surface area contributed by atoms with Gasteiger partial charge in [-0.15, -0.1) is 26.8 Å². The lowest BCUT2D eigenvalue weighted by atomic mass is 9.86. The molecule has 0 aliphatic heterocycles. The van der Waals surface area contributed by atoms with E-state index in [0.29, 0.717) is 34.8 Å². The van der Waals surface area contributed by atoms with Crippen molar-refractivity contribution in [2.24, 2.45) is 0 Å². The fraction of sp³-hybridized carbons (Fsp3) is 0.478. The fourth-order valence-electron chi connectivity index (χ4n) is 3.07. The third kappa shape index (κ3) is 5.70. The maximum absolute atomic E-state index is 11.0. The van der Waals surface area contributed by atoms with Gasteiger partial charge in [0.2, 0.25) is 0 Å². The van der Waals surface area contributed by atoms with Gasteiger partial charge in [0.1, 0.15) is 28.2 Å². The monoisotopic (exact) mass is 445 g/mol. The summed E-state index contributed by atoms with van der Waals surface area (Å²) < 4.78 is 5.93. The average Bonchev–Trinajstić information content (AvgIpc) is 3.15. The van der Waals surface area contributed by atoms with E-state index < -0.39 is 6.10 Å². The molecule has 3 N–H and O–H groups in total. The van der Waals surface area contributed by atoms with Crippen molar-refractivity contribution in [3.8, 4) is 17.2 Å². The molecule has 0 bridgehead atoms. The van der Waals surface area contributed by atoms with Gasteiger partial charge in [0.25, 0.3) is 0 Å². The van der Waals surface area contributed by atoms with Crippen LogP contribution in [0.1, 0.15) is 46.1 Å². The van der Waals surface area contributed by atoms with Crippen molar-refractivity contribution < 1.29 is 20.1 Å². The molecular formula is C23H31N3O4S. The number of hydrogen-bond donors (Lipinski definition) is 3. The Bertz CT molecular complexity index is 1030. The predicted molar refractivity (Wildman–Crippen MR) is 123 cm³/mol. The van der Waals surface area contributed by atoms with E-state index in [2.05, 4.69) is 17.1 Å². The van der Waals surface area contributed by atoms with Crippen LogP contribution in [0, 0.1) is 0 Å². The van der Waals surface area contributed by atoms with Crippen molar-refractivity contribution in [3.05, 3.63) is 35.9 Å². The molecule has 0 saturated carbocycles. The number of ether oxygens (including phenoxy) is 1. The van der Waals surface area contributed by atoms with E-state index in [9.17, 15) is 10.2 Å². The number of fused-ring (bicyclic) bond motifs is 1. The topological polar surface area (TPSA) is 101 Å². The third-order valence-corrected chi connectivity index (χ3v) is 6.00. The average molecular weight is 446 g/mol. The Kier molecular flexibility index (Phi) is 7.46. The minimum absolute atomic E-state index is 0.135. The first-order chi connectivity index (χ1) is 14.7. The number of hydrogen-bond acceptors (Lipinski definition) is 7. The number of aliphatic hydroxyl groups is 2. The quantitative estimate of drug-likeness (QED) is 0.337. The van der Waals surface area contributed by atoms with E-state index in [1.807, 2.05) is 45.0 Å². The Morgan fingerprint density at radius 3 is 2.55 bits per heavy atom. The van der Waals surface area contributed by atoms with Crippen LogP contribution in [0.15, 0.2) is 35.2 Å². The van der Waals surface area contributed by atoms with E-state index in [-0.39, 0.29) is 17.8 Å². The number of aliphatic hydroxyl groups excluding tert-OH is 2.